The van der Waals surface area contributed by atoms with E-state index in [9.17, 15) is 5.11 Å². The van der Waals surface area contributed by atoms with Crippen molar-refractivity contribution in [2.75, 3.05) is 20.2 Å². The van der Waals surface area contributed by atoms with Crippen LogP contribution in [0.1, 0.15) is 79.1 Å². The summed E-state index contributed by atoms with van der Waals surface area (Å²) in [5.74, 6) is 1.75. The first-order valence-electron chi connectivity index (χ1n) is 13.2. The van der Waals surface area contributed by atoms with Crippen molar-refractivity contribution < 1.29 is 9.84 Å². The number of aromatic nitrogens is 2. The van der Waals surface area contributed by atoms with Crippen molar-refractivity contribution in [3.05, 3.63) is 46.3 Å². The number of nitrogens with zero attached hydrogens (tertiary/aromatic N) is 3. The fourth-order valence-electron chi connectivity index (χ4n) is 8.04. The van der Waals surface area contributed by atoms with Gasteiger partial charge in [-0.3, -0.25) is 9.58 Å². The second kappa shape index (κ2) is 7.08. The van der Waals surface area contributed by atoms with Crippen LogP contribution in [0, 0.1) is 12.8 Å². The molecule has 3 atom stereocenters. The smallest absolute Gasteiger partial charge is 0.119 e. The second-order valence-electron chi connectivity index (χ2n) is 11.7. The summed E-state index contributed by atoms with van der Waals surface area (Å²) < 4.78 is 8.07. The molecular formula is C28H37N3O2. The Kier molecular flexibility index (Phi) is 4.40. The molecule has 0 radical (unpaired) electrons. The number of piperidine rings is 1. The number of aliphatic hydroxyl groups is 1. The van der Waals surface area contributed by atoms with Crippen LogP contribution in [0.4, 0.5) is 0 Å². The standard InChI is InChI=1S/C28H37N3O2/c1-18-23-15-28(32)26-13-20-9-10-22(33-2)14-24(20)27(28,11-12-30(26)17-19-7-8-19)16-25(23)31(29-18)21-5-3-4-6-21/h9-10,14,19,21,26,32H,3-8,11-13,15-17H2,1-2H3/t26-,27-,28-/m1/s1. The van der Waals surface area contributed by atoms with Crippen LogP contribution in [0.2, 0.25) is 0 Å². The predicted octanol–water partition coefficient (Wildman–Crippen LogP) is 4.12. The molecule has 5 aliphatic rings. The molecule has 4 aliphatic carbocycles. The largest absolute Gasteiger partial charge is 0.497 e. The minimum absolute atomic E-state index is 0.190. The molecule has 2 bridgehead atoms. The van der Waals surface area contributed by atoms with Gasteiger partial charge in [0.05, 0.1) is 24.4 Å². The van der Waals surface area contributed by atoms with Crippen LogP contribution >= 0.6 is 0 Å². The Balaban J connectivity index is 1.40. The number of methoxy groups -OCH3 is 1. The Labute approximate surface area is 197 Å². The Morgan fingerprint density at radius 1 is 1.15 bits per heavy atom. The molecule has 5 heteroatoms. The number of fused-ring (bicyclic) bond motifs is 2. The van der Waals surface area contributed by atoms with Crippen molar-refractivity contribution in [3.8, 4) is 5.75 Å². The molecule has 1 aromatic heterocycles. The van der Waals surface area contributed by atoms with Crippen LogP contribution in [0.25, 0.3) is 0 Å². The Morgan fingerprint density at radius 3 is 2.73 bits per heavy atom. The molecular weight excluding hydrogens is 410 g/mol. The number of hydrogen-bond donors (Lipinski definition) is 1. The van der Waals surface area contributed by atoms with Gasteiger partial charge in [0.25, 0.3) is 0 Å². The number of ether oxygens (including phenoxy) is 1. The third-order valence-electron chi connectivity index (χ3n) is 9.99. The number of aryl methyl sites for hydroxylation is 1. The Bertz CT molecular complexity index is 1100. The van der Waals surface area contributed by atoms with Gasteiger partial charge in [0.2, 0.25) is 0 Å². The van der Waals surface area contributed by atoms with Gasteiger partial charge in [-0.15, -0.1) is 0 Å². The molecule has 2 saturated carbocycles. The van der Waals surface area contributed by atoms with Gasteiger partial charge in [0.15, 0.2) is 0 Å². The van der Waals surface area contributed by atoms with Gasteiger partial charge in [-0.2, -0.15) is 5.10 Å². The zero-order valence-corrected chi connectivity index (χ0v) is 20.1. The van der Waals surface area contributed by atoms with E-state index in [4.69, 9.17) is 9.84 Å². The highest BCUT2D eigenvalue weighted by Crippen LogP contribution is 2.58. The van der Waals surface area contributed by atoms with Gasteiger partial charge in [-0.25, -0.2) is 0 Å². The van der Waals surface area contributed by atoms with Crippen LogP contribution in [0.5, 0.6) is 5.75 Å². The lowest BCUT2D eigenvalue weighted by Gasteiger charge is -2.63. The van der Waals surface area contributed by atoms with E-state index in [-0.39, 0.29) is 11.5 Å². The van der Waals surface area contributed by atoms with Crippen molar-refractivity contribution in [2.24, 2.45) is 5.92 Å². The molecule has 3 fully saturated rings. The minimum Gasteiger partial charge on any atom is -0.497 e. The summed E-state index contributed by atoms with van der Waals surface area (Å²) in [6.45, 7) is 4.41. The van der Waals surface area contributed by atoms with E-state index in [1.165, 1.54) is 60.9 Å². The molecule has 7 rings (SSSR count). The number of rotatable bonds is 4. The molecule has 0 spiro atoms. The molecule has 1 aliphatic heterocycles. The monoisotopic (exact) mass is 447 g/mol. The quantitative estimate of drug-likeness (QED) is 0.766. The van der Waals surface area contributed by atoms with Gasteiger partial charge >= 0.3 is 0 Å². The SMILES string of the molecule is COc1ccc2c(c1)[C@]13CCN(CC4CC4)[C@H](C2)[C@]1(O)Cc1c(C)nn(C2CCCC2)c1C3. The van der Waals surface area contributed by atoms with Gasteiger partial charge in [-0.05, 0) is 86.7 Å². The molecule has 5 nitrogen and oxygen atoms in total. The molecule has 0 amide bonds. The molecule has 2 heterocycles. The van der Waals surface area contributed by atoms with Crippen LogP contribution in [0.15, 0.2) is 18.2 Å². The zero-order valence-electron chi connectivity index (χ0n) is 20.1. The second-order valence-corrected chi connectivity index (χ2v) is 11.7. The van der Waals surface area contributed by atoms with Gasteiger partial charge in [0.1, 0.15) is 5.75 Å². The summed E-state index contributed by atoms with van der Waals surface area (Å²) in [4.78, 5) is 2.66. The Hall–Kier alpha value is -1.85. The average molecular weight is 448 g/mol. The van der Waals surface area contributed by atoms with Crippen LogP contribution < -0.4 is 4.74 Å². The lowest BCUT2D eigenvalue weighted by molar-refractivity contribution is -0.152. The number of hydrogen-bond acceptors (Lipinski definition) is 4. The predicted molar refractivity (Wildman–Crippen MR) is 128 cm³/mol. The average Bonchev–Trinajstić information content (AvgIpc) is 3.36. The third kappa shape index (κ3) is 2.81. The summed E-state index contributed by atoms with van der Waals surface area (Å²) >= 11 is 0. The summed E-state index contributed by atoms with van der Waals surface area (Å²) in [6, 6.07) is 7.37. The van der Waals surface area contributed by atoms with Crippen molar-refractivity contribution in [1.29, 1.82) is 0 Å². The van der Waals surface area contributed by atoms with Gasteiger partial charge in [-0.1, -0.05) is 18.9 Å². The van der Waals surface area contributed by atoms with Gasteiger partial charge < -0.3 is 9.84 Å². The van der Waals surface area contributed by atoms with Crippen molar-refractivity contribution in [3.63, 3.8) is 0 Å². The van der Waals surface area contributed by atoms with E-state index in [1.54, 1.807) is 7.11 Å². The van der Waals surface area contributed by atoms with Crippen molar-refractivity contribution in [1.82, 2.24) is 14.7 Å². The van der Waals surface area contributed by atoms with Crippen LogP contribution in [-0.4, -0.2) is 51.6 Å². The van der Waals surface area contributed by atoms with E-state index >= 15 is 0 Å². The Morgan fingerprint density at radius 2 is 1.97 bits per heavy atom. The summed E-state index contributed by atoms with van der Waals surface area (Å²) in [6.07, 6.45) is 11.4. The molecule has 33 heavy (non-hydrogen) atoms. The van der Waals surface area contributed by atoms with Crippen molar-refractivity contribution >= 4 is 0 Å². The minimum atomic E-state index is -0.749. The maximum absolute atomic E-state index is 12.8. The number of benzene rings is 1. The first-order chi connectivity index (χ1) is 16.0. The van der Waals surface area contributed by atoms with Crippen LogP contribution in [-0.2, 0) is 24.7 Å². The maximum Gasteiger partial charge on any atom is 0.119 e. The maximum atomic E-state index is 12.8. The fraction of sp³-hybridized carbons (Fsp3) is 0.679. The van der Waals surface area contributed by atoms with E-state index in [0.29, 0.717) is 6.04 Å². The van der Waals surface area contributed by atoms with Crippen molar-refractivity contribution in [2.45, 2.75) is 94.2 Å². The lowest BCUT2D eigenvalue weighted by Crippen LogP contribution is -2.74. The third-order valence-corrected chi connectivity index (χ3v) is 9.99. The summed E-state index contributed by atoms with van der Waals surface area (Å²) in [7, 11) is 1.76. The fourth-order valence-corrected chi connectivity index (χ4v) is 8.04. The molecule has 2 aromatic rings. The van der Waals surface area contributed by atoms with E-state index in [1.807, 2.05) is 0 Å². The summed E-state index contributed by atoms with van der Waals surface area (Å²) in [5.41, 5.74) is 5.64. The summed E-state index contributed by atoms with van der Waals surface area (Å²) in [5, 5.41) is 17.9. The van der Waals surface area contributed by atoms with E-state index in [0.717, 1.165) is 56.1 Å². The molecule has 1 N–H and O–H groups in total. The normalized spacial score (nSPS) is 33.5. The molecule has 176 valence electrons. The first kappa shape index (κ1) is 20.5. The highest BCUT2D eigenvalue weighted by Gasteiger charge is 2.65. The zero-order chi connectivity index (χ0) is 22.4. The molecule has 1 saturated heterocycles. The van der Waals surface area contributed by atoms with Crippen LogP contribution in [0.3, 0.4) is 0 Å². The van der Waals surface area contributed by atoms with E-state index < -0.39 is 5.60 Å². The highest BCUT2D eigenvalue weighted by molar-refractivity contribution is 5.52. The van der Waals surface area contributed by atoms with E-state index in [2.05, 4.69) is 34.7 Å². The molecule has 1 aromatic carbocycles. The van der Waals surface area contributed by atoms with Gasteiger partial charge in [0, 0.05) is 36.5 Å². The topological polar surface area (TPSA) is 50.5 Å². The molecule has 0 unspecified atom stereocenters. The number of likely N-dealkylation sites (tertiary alicyclic amines) is 1. The lowest BCUT2D eigenvalue weighted by atomic mass is 9.49. The highest BCUT2D eigenvalue weighted by atomic mass is 16.5. The first-order valence-corrected chi connectivity index (χ1v) is 13.2.